The molecule has 0 unspecified atom stereocenters. The maximum Gasteiger partial charge on any atom is 0.176 e. The number of aliphatic hydroxyl groups is 1. The highest BCUT2D eigenvalue weighted by Gasteiger charge is 2.48. The number of halogens is 1. The van der Waals surface area contributed by atoms with Crippen LogP contribution >= 0.6 is 0 Å². The average Bonchev–Trinajstić information content (AvgIpc) is 3.12. The third-order valence-electron chi connectivity index (χ3n) is 6.32. The van der Waals surface area contributed by atoms with Crippen LogP contribution in [0.15, 0.2) is 42.5 Å². The lowest BCUT2D eigenvalue weighted by molar-refractivity contribution is 0.0354. The van der Waals surface area contributed by atoms with Gasteiger partial charge in [0.2, 0.25) is 0 Å². The van der Waals surface area contributed by atoms with E-state index in [-0.39, 0.29) is 17.3 Å². The molecule has 1 aliphatic carbocycles. The second-order valence-corrected chi connectivity index (χ2v) is 8.56. The van der Waals surface area contributed by atoms with Crippen LogP contribution in [0.25, 0.3) is 0 Å². The Morgan fingerprint density at radius 3 is 2.39 bits per heavy atom. The van der Waals surface area contributed by atoms with E-state index in [0.717, 1.165) is 37.1 Å². The number of Topliss-reactive ketones (excluding diaryl/α,β-unsaturated/α-hetero) is 1. The standard InChI is InChI=1S/C23H26FNO3/c1-15-8-20(24)5-2-17(15)9-23(28)10-18-12-25(13-19(18)11-23)14-22(27)16-3-6-21(26)7-4-16/h2-8,18-19,26,28H,9-14H2,1H3/t18-,19+,23-. The molecule has 148 valence electrons. The largest absolute Gasteiger partial charge is 0.508 e. The van der Waals surface area contributed by atoms with E-state index in [0.29, 0.717) is 30.4 Å². The number of carbonyl (C=O) groups excluding carboxylic acids is 1. The fourth-order valence-corrected chi connectivity index (χ4v) is 4.99. The highest BCUT2D eigenvalue weighted by atomic mass is 19.1. The summed E-state index contributed by atoms with van der Waals surface area (Å²) in [5, 5.41) is 20.5. The average molecular weight is 383 g/mol. The predicted octanol–water partition coefficient (Wildman–Crippen LogP) is 3.34. The zero-order chi connectivity index (χ0) is 19.9. The van der Waals surface area contributed by atoms with E-state index in [2.05, 4.69) is 4.90 Å². The molecule has 0 aromatic heterocycles. The zero-order valence-electron chi connectivity index (χ0n) is 16.1. The van der Waals surface area contributed by atoms with E-state index in [4.69, 9.17) is 0 Å². The summed E-state index contributed by atoms with van der Waals surface area (Å²) < 4.78 is 13.3. The monoisotopic (exact) mass is 383 g/mol. The molecule has 3 atom stereocenters. The van der Waals surface area contributed by atoms with Crippen LogP contribution < -0.4 is 0 Å². The van der Waals surface area contributed by atoms with E-state index >= 15 is 0 Å². The number of fused-ring (bicyclic) bond motifs is 1. The van der Waals surface area contributed by atoms with E-state index in [9.17, 15) is 19.4 Å². The Hall–Kier alpha value is -2.24. The molecule has 1 saturated carbocycles. The highest BCUT2D eigenvalue weighted by Crippen LogP contribution is 2.45. The number of hydrogen-bond acceptors (Lipinski definition) is 4. The molecule has 0 amide bonds. The van der Waals surface area contributed by atoms with Gasteiger partial charge in [0.15, 0.2) is 5.78 Å². The lowest BCUT2D eigenvalue weighted by Crippen LogP contribution is -2.34. The van der Waals surface area contributed by atoms with E-state index < -0.39 is 5.60 Å². The second kappa shape index (κ2) is 7.30. The first-order valence-electron chi connectivity index (χ1n) is 9.83. The quantitative estimate of drug-likeness (QED) is 0.778. The second-order valence-electron chi connectivity index (χ2n) is 8.56. The van der Waals surface area contributed by atoms with Crippen molar-refractivity contribution >= 4 is 5.78 Å². The summed E-state index contributed by atoms with van der Waals surface area (Å²) in [6, 6.07) is 11.1. The number of likely N-dealkylation sites (tertiary alicyclic amines) is 1. The summed E-state index contributed by atoms with van der Waals surface area (Å²) in [7, 11) is 0. The van der Waals surface area contributed by atoms with Crippen molar-refractivity contribution in [1.29, 1.82) is 0 Å². The molecule has 2 aliphatic rings. The Morgan fingerprint density at radius 2 is 1.79 bits per heavy atom. The van der Waals surface area contributed by atoms with Crippen molar-refractivity contribution in [3.8, 4) is 5.75 Å². The van der Waals surface area contributed by atoms with Crippen molar-refractivity contribution < 1.29 is 19.4 Å². The van der Waals surface area contributed by atoms with E-state index in [1.165, 1.54) is 24.3 Å². The molecule has 2 N–H and O–H groups in total. The molecule has 5 heteroatoms. The zero-order valence-corrected chi connectivity index (χ0v) is 16.1. The smallest absolute Gasteiger partial charge is 0.176 e. The van der Waals surface area contributed by atoms with Gasteiger partial charge in [0.1, 0.15) is 11.6 Å². The fraction of sp³-hybridized carbons (Fsp3) is 0.435. The van der Waals surface area contributed by atoms with Crippen molar-refractivity contribution in [1.82, 2.24) is 4.90 Å². The maximum absolute atomic E-state index is 13.3. The van der Waals surface area contributed by atoms with Gasteiger partial charge in [0.05, 0.1) is 12.1 Å². The molecule has 0 radical (unpaired) electrons. The Bertz CT molecular complexity index is 866. The minimum atomic E-state index is -0.745. The van der Waals surface area contributed by atoms with Gasteiger partial charge < -0.3 is 10.2 Å². The van der Waals surface area contributed by atoms with Crippen molar-refractivity contribution in [3.63, 3.8) is 0 Å². The normalized spacial score (nSPS) is 27.1. The summed E-state index contributed by atoms with van der Waals surface area (Å²) in [5.41, 5.74) is 1.75. The van der Waals surface area contributed by atoms with Gasteiger partial charge in [-0.2, -0.15) is 0 Å². The third-order valence-corrected chi connectivity index (χ3v) is 6.32. The molecule has 0 bridgehead atoms. The number of carbonyl (C=O) groups is 1. The van der Waals surface area contributed by atoms with Gasteiger partial charge in [-0.15, -0.1) is 0 Å². The van der Waals surface area contributed by atoms with Crippen LogP contribution in [-0.4, -0.2) is 46.1 Å². The first kappa shape index (κ1) is 19.1. The Labute approximate surface area is 164 Å². The number of hydrogen-bond donors (Lipinski definition) is 2. The summed E-state index contributed by atoms with van der Waals surface area (Å²) in [6.07, 6.45) is 2.00. The molecular formula is C23H26FNO3. The van der Waals surface area contributed by atoms with Gasteiger partial charge in [-0.05, 0) is 79.1 Å². The summed E-state index contributed by atoms with van der Waals surface area (Å²) in [5.74, 6) is 0.738. The number of aryl methyl sites for hydroxylation is 1. The number of aromatic hydroxyl groups is 1. The minimum absolute atomic E-state index is 0.0529. The molecule has 1 heterocycles. The van der Waals surface area contributed by atoms with Crippen LogP contribution in [0.1, 0.15) is 34.3 Å². The first-order valence-corrected chi connectivity index (χ1v) is 9.83. The molecule has 4 rings (SSSR count). The van der Waals surface area contributed by atoms with E-state index in [1.54, 1.807) is 18.2 Å². The predicted molar refractivity (Wildman–Crippen MR) is 105 cm³/mol. The van der Waals surface area contributed by atoms with Crippen LogP contribution in [0.5, 0.6) is 5.75 Å². The summed E-state index contributed by atoms with van der Waals surface area (Å²) in [6.45, 7) is 3.89. The number of rotatable bonds is 5. The summed E-state index contributed by atoms with van der Waals surface area (Å²) in [4.78, 5) is 14.6. The number of phenols is 1. The minimum Gasteiger partial charge on any atom is -0.508 e. The molecule has 28 heavy (non-hydrogen) atoms. The number of benzene rings is 2. The number of phenolic OH excluding ortho intramolecular Hbond substituents is 1. The fourth-order valence-electron chi connectivity index (χ4n) is 4.99. The molecule has 2 fully saturated rings. The molecule has 2 aromatic carbocycles. The molecule has 4 nitrogen and oxygen atoms in total. The molecular weight excluding hydrogens is 357 g/mol. The van der Waals surface area contributed by atoms with Gasteiger partial charge in [-0.3, -0.25) is 9.69 Å². The van der Waals surface area contributed by atoms with Crippen LogP contribution in [-0.2, 0) is 6.42 Å². The topological polar surface area (TPSA) is 60.8 Å². The lowest BCUT2D eigenvalue weighted by atomic mass is 9.89. The molecule has 1 aliphatic heterocycles. The number of nitrogens with zero attached hydrogens (tertiary/aromatic N) is 1. The SMILES string of the molecule is Cc1cc(F)ccc1C[C@]1(O)C[C@H]2CN(CC(=O)c3ccc(O)cc3)C[C@H]2C1. The van der Waals surface area contributed by atoms with Gasteiger partial charge >= 0.3 is 0 Å². The van der Waals surface area contributed by atoms with Crippen LogP contribution in [0, 0.1) is 24.6 Å². The Balaban J connectivity index is 1.35. The first-order chi connectivity index (χ1) is 13.3. The molecule has 2 aromatic rings. The van der Waals surface area contributed by atoms with Crippen molar-refractivity contribution in [2.75, 3.05) is 19.6 Å². The number of ketones is 1. The molecule has 1 saturated heterocycles. The Kier molecular flexibility index (Phi) is 4.98. The molecule has 0 spiro atoms. The highest BCUT2D eigenvalue weighted by molar-refractivity contribution is 5.97. The maximum atomic E-state index is 13.3. The lowest BCUT2D eigenvalue weighted by Gasteiger charge is -2.26. The third kappa shape index (κ3) is 3.96. The van der Waals surface area contributed by atoms with Gasteiger partial charge in [0.25, 0.3) is 0 Å². The van der Waals surface area contributed by atoms with Crippen molar-refractivity contribution in [2.45, 2.75) is 31.8 Å². The van der Waals surface area contributed by atoms with Crippen LogP contribution in [0.2, 0.25) is 0 Å². The van der Waals surface area contributed by atoms with Gasteiger partial charge in [0, 0.05) is 25.1 Å². The van der Waals surface area contributed by atoms with Crippen molar-refractivity contribution in [2.24, 2.45) is 11.8 Å². The Morgan fingerprint density at radius 1 is 1.14 bits per heavy atom. The summed E-state index contributed by atoms with van der Waals surface area (Å²) >= 11 is 0. The van der Waals surface area contributed by atoms with Gasteiger partial charge in [-0.1, -0.05) is 6.07 Å². The van der Waals surface area contributed by atoms with Crippen LogP contribution in [0.3, 0.4) is 0 Å². The van der Waals surface area contributed by atoms with Gasteiger partial charge in [-0.25, -0.2) is 4.39 Å². The van der Waals surface area contributed by atoms with E-state index in [1.807, 2.05) is 6.92 Å². The van der Waals surface area contributed by atoms with Crippen LogP contribution in [0.4, 0.5) is 4.39 Å². The van der Waals surface area contributed by atoms with Crippen molar-refractivity contribution in [3.05, 3.63) is 65.0 Å².